The van der Waals surface area contributed by atoms with Crippen molar-refractivity contribution < 1.29 is 14.3 Å². The second-order valence-electron chi connectivity index (χ2n) is 3.43. The highest BCUT2D eigenvalue weighted by Crippen LogP contribution is 2.34. The van der Waals surface area contributed by atoms with Crippen molar-refractivity contribution in [2.75, 3.05) is 7.11 Å². The molecule has 19 heavy (non-hydrogen) atoms. The lowest BCUT2D eigenvalue weighted by Gasteiger charge is -2.11. The molecule has 0 fully saturated rings. The first-order valence-electron chi connectivity index (χ1n) is 5.44. The van der Waals surface area contributed by atoms with Gasteiger partial charge in [-0.3, -0.25) is 4.98 Å². The molecular formula is C14H14BrNO3. The quantitative estimate of drug-likeness (QED) is 0.866. The van der Waals surface area contributed by atoms with Crippen molar-refractivity contribution in [3.8, 4) is 11.5 Å². The Bertz CT molecular complexity index is 505. The summed E-state index contributed by atoms with van der Waals surface area (Å²) in [4.78, 5) is 12.0. The Kier molecular flexibility index (Phi) is 6.60. The molecule has 0 saturated carbocycles. The molecule has 1 aromatic carbocycles. The molecule has 1 heterocycles. The number of rotatable bonds is 4. The van der Waals surface area contributed by atoms with Crippen molar-refractivity contribution in [1.29, 1.82) is 0 Å². The van der Waals surface area contributed by atoms with E-state index in [1.807, 2.05) is 37.1 Å². The summed E-state index contributed by atoms with van der Waals surface area (Å²) in [5.74, 6) is 1.29. The maximum atomic E-state index is 8.00. The molecule has 100 valence electrons. The van der Waals surface area contributed by atoms with E-state index >= 15 is 0 Å². The van der Waals surface area contributed by atoms with Crippen LogP contribution in [0.15, 0.2) is 47.2 Å². The number of carbonyl (C=O) groups is 1. The van der Waals surface area contributed by atoms with E-state index in [4.69, 9.17) is 14.3 Å². The summed E-state index contributed by atoms with van der Waals surface area (Å²) in [7, 11) is 1.60. The normalized spacial score (nSPS) is 9.16. The van der Waals surface area contributed by atoms with Crippen LogP contribution in [0.25, 0.3) is 0 Å². The first kappa shape index (κ1) is 15.2. The second-order valence-corrected chi connectivity index (χ2v) is 4.28. The second kappa shape index (κ2) is 8.26. The third kappa shape index (κ3) is 4.37. The Morgan fingerprint density at radius 1 is 1.21 bits per heavy atom. The molecule has 0 atom stereocenters. The molecule has 0 spiro atoms. The highest BCUT2D eigenvalue weighted by molar-refractivity contribution is 9.10. The average Bonchev–Trinajstić information content (AvgIpc) is 2.49. The van der Waals surface area contributed by atoms with Crippen molar-refractivity contribution >= 4 is 22.7 Å². The average molecular weight is 324 g/mol. The highest BCUT2D eigenvalue weighted by Gasteiger charge is 2.09. The van der Waals surface area contributed by atoms with E-state index in [2.05, 4.69) is 20.9 Å². The van der Waals surface area contributed by atoms with Crippen LogP contribution in [0, 0.1) is 0 Å². The molecule has 4 nitrogen and oxygen atoms in total. The zero-order valence-electron chi connectivity index (χ0n) is 10.5. The van der Waals surface area contributed by atoms with Gasteiger partial charge in [-0.25, -0.2) is 0 Å². The van der Waals surface area contributed by atoms with Gasteiger partial charge < -0.3 is 14.3 Å². The van der Waals surface area contributed by atoms with Gasteiger partial charge in [-0.15, -0.1) is 0 Å². The number of carbonyl (C=O) groups excluding carboxylic acids is 1. The molecule has 5 heteroatoms. The molecule has 0 N–H and O–H groups in total. The van der Waals surface area contributed by atoms with Crippen molar-refractivity contribution in [1.82, 2.24) is 4.98 Å². The lowest BCUT2D eigenvalue weighted by Crippen LogP contribution is -1.98. The third-order valence-corrected chi connectivity index (χ3v) is 2.83. The van der Waals surface area contributed by atoms with Gasteiger partial charge >= 0.3 is 0 Å². The predicted molar refractivity (Wildman–Crippen MR) is 76.4 cm³/mol. The topological polar surface area (TPSA) is 48.4 Å². The van der Waals surface area contributed by atoms with Crippen molar-refractivity contribution in [3.05, 3.63) is 52.8 Å². The molecule has 2 rings (SSSR count). The van der Waals surface area contributed by atoms with Gasteiger partial charge in [0.1, 0.15) is 13.4 Å². The third-order valence-electron chi connectivity index (χ3n) is 2.27. The number of benzene rings is 1. The number of ether oxygens (including phenoxy) is 2. The first-order chi connectivity index (χ1) is 9.31. The minimum Gasteiger partial charge on any atom is -0.491 e. The van der Waals surface area contributed by atoms with Crippen LogP contribution in [0.5, 0.6) is 11.5 Å². The zero-order chi connectivity index (χ0) is 14.1. The number of hydrogen-bond acceptors (Lipinski definition) is 4. The van der Waals surface area contributed by atoms with Crippen LogP contribution in [0.1, 0.15) is 5.56 Å². The van der Waals surface area contributed by atoms with Gasteiger partial charge in [0, 0.05) is 6.20 Å². The highest BCUT2D eigenvalue weighted by atomic mass is 79.9. The lowest BCUT2D eigenvalue weighted by atomic mass is 10.2. The fraction of sp³-hybridized carbons (Fsp3) is 0.143. The molecule has 0 unspecified atom stereocenters. The zero-order valence-corrected chi connectivity index (χ0v) is 12.1. The summed E-state index contributed by atoms with van der Waals surface area (Å²) in [5.41, 5.74) is 1.11. The largest absolute Gasteiger partial charge is 0.491 e. The van der Waals surface area contributed by atoms with E-state index < -0.39 is 0 Å². The Balaban J connectivity index is 0.000000861. The first-order valence-corrected chi connectivity index (χ1v) is 6.23. The lowest BCUT2D eigenvalue weighted by molar-refractivity contribution is -0.0979. The van der Waals surface area contributed by atoms with E-state index in [1.165, 1.54) is 0 Å². The molecule has 0 saturated heterocycles. The van der Waals surface area contributed by atoms with Crippen LogP contribution in [-0.2, 0) is 11.4 Å². The van der Waals surface area contributed by atoms with E-state index in [9.17, 15) is 0 Å². The fourth-order valence-electron chi connectivity index (χ4n) is 1.42. The van der Waals surface area contributed by atoms with Crippen LogP contribution in [0.2, 0.25) is 0 Å². The summed E-state index contributed by atoms with van der Waals surface area (Å²) in [6.07, 6.45) is 3.31. The fourth-order valence-corrected chi connectivity index (χ4v) is 1.85. The van der Waals surface area contributed by atoms with Crippen LogP contribution in [-0.4, -0.2) is 18.9 Å². The van der Waals surface area contributed by atoms with Gasteiger partial charge in [-0.05, 0) is 21.5 Å². The molecule has 2 aromatic rings. The van der Waals surface area contributed by atoms with Gasteiger partial charge in [0.05, 0.1) is 17.8 Å². The minimum atomic E-state index is 0.500. The standard InChI is InChI=1S/C13H12BrNO2.CH2O/c1-16-12-8-15-7-11(14)13(12)17-9-10-5-3-2-4-6-10;1-2/h2-8H,9H2,1H3;1H2. The number of pyridine rings is 1. The smallest absolute Gasteiger partial charge is 0.180 e. The van der Waals surface area contributed by atoms with Gasteiger partial charge in [0.2, 0.25) is 0 Å². The molecule has 0 amide bonds. The van der Waals surface area contributed by atoms with Crippen LogP contribution in [0.4, 0.5) is 0 Å². The van der Waals surface area contributed by atoms with Crippen LogP contribution in [0.3, 0.4) is 0 Å². The Labute approximate surface area is 120 Å². The summed E-state index contributed by atoms with van der Waals surface area (Å²) in [5, 5.41) is 0. The number of halogens is 1. The van der Waals surface area contributed by atoms with E-state index in [0.29, 0.717) is 18.1 Å². The molecule has 1 aromatic heterocycles. The van der Waals surface area contributed by atoms with E-state index in [-0.39, 0.29) is 0 Å². The summed E-state index contributed by atoms with van der Waals surface area (Å²) in [6.45, 7) is 2.50. The Morgan fingerprint density at radius 2 is 1.89 bits per heavy atom. The predicted octanol–water partition coefficient (Wildman–Crippen LogP) is 3.25. The molecule has 0 aliphatic rings. The van der Waals surface area contributed by atoms with Gasteiger partial charge in [-0.2, -0.15) is 0 Å². The summed E-state index contributed by atoms with van der Waals surface area (Å²) < 4.78 is 11.7. The monoisotopic (exact) mass is 323 g/mol. The molecular weight excluding hydrogens is 310 g/mol. The Morgan fingerprint density at radius 3 is 2.53 bits per heavy atom. The van der Waals surface area contributed by atoms with Gasteiger partial charge in [-0.1, -0.05) is 30.3 Å². The Hall–Kier alpha value is -1.88. The number of methoxy groups -OCH3 is 1. The number of hydrogen-bond donors (Lipinski definition) is 0. The van der Waals surface area contributed by atoms with Gasteiger partial charge in [0.15, 0.2) is 11.5 Å². The summed E-state index contributed by atoms with van der Waals surface area (Å²) >= 11 is 3.39. The van der Waals surface area contributed by atoms with Crippen molar-refractivity contribution in [3.63, 3.8) is 0 Å². The number of nitrogens with zero attached hydrogens (tertiary/aromatic N) is 1. The SMILES string of the molecule is C=O.COc1cncc(Br)c1OCc1ccccc1. The molecule has 0 bridgehead atoms. The summed E-state index contributed by atoms with van der Waals surface area (Å²) in [6, 6.07) is 9.98. The van der Waals surface area contributed by atoms with Crippen LogP contribution < -0.4 is 9.47 Å². The van der Waals surface area contributed by atoms with Crippen molar-refractivity contribution in [2.45, 2.75) is 6.61 Å². The van der Waals surface area contributed by atoms with E-state index in [0.717, 1.165) is 10.0 Å². The molecule has 0 aliphatic heterocycles. The maximum absolute atomic E-state index is 8.00. The number of aromatic nitrogens is 1. The molecule has 0 radical (unpaired) electrons. The van der Waals surface area contributed by atoms with Gasteiger partial charge in [0.25, 0.3) is 0 Å². The molecule has 0 aliphatic carbocycles. The minimum absolute atomic E-state index is 0.500. The maximum Gasteiger partial charge on any atom is 0.180 e. The van der Waals surface area contributed by atoms with Crippen molar-refractivity contribution in [2.24, 2.45) is 0 Å². The van der Waals surface area contributed by atoms with Crippen LogP contribution >= 0.6 is 15.9 Å². The van der Waals surface area contributed by atoms with E-state index in [1.54, 1.807) is 19.5 Å².